The van der Waals surface area contributed by atoms with Gasteiger partial charge in [-0.25, -0.2) is 12.7 Å². The number of allylic oxidation sites excluding steroid dienone is 1. The summed E-state index contributed by atoms with van der Waals surface area (Å²) in [5.41, 5.74) is 1.98. The largest absolute Gasteiger partial charge is 0.480 e. The van der Waals surface area contributed by atoms with Crippen LogP contribution in [0.3, 0.4) is 0 Å². The van der Waals surface area contributed by atoms with Gasteiger partial charge in [-0.05, 0) is 50.3 Å². The van der Waals surface area contributed by atoms with Crippen molar-refractivity contribution < 1.29 is 18.3 Å². The zero-order valence-electron chi connectivity index (χ0n) is 17.9. The second-order valence-corrected chi connectivity index (χ2v) is 10.6. The molecule has 8 nitrogen and oxygen atoms in total. The van der Waals surface area contributed by atoms with Crippen LogP contribution in [0.1, 0.15) is 37.4 Å². The molecule has 0 bridgehead atoms. The van der Waals surface area contributed by atoms with Gasteiger partial charge in [0.15, 0.2) is 0 Å². The Kier molecular flexibility index (Phi) is 6.45. The van der Waals surface area contributed by atoms with E-state index in [4.69, 9.17) is 10.2 Å². The topological polar surface area (TPSA) is 95.7 Å². The van der Waals surface area contributed by atoms with Crippen molar-refractivity contribution in [2.75, 3.05) is 39.0 Å². The van der Waals surface area contributed by atoms with Crippen LogP contribution in [0.15, 0.2) is 30.3 Å². The normalized spacial score (nSPS) is 22.4. The SMILES string of the molecule is CS(=O)(=O)N1CCC(/C=C/c2nn(C3CCCN(CC(=O)O)C3)c3ccccc23)CC1. The average molecular weight is 447 g/mol. The molecule has 0 amide bonds. The van der Waals surface area contributed by atoms with Gasteiger partial charge in [0.25, 0.3) is 0 Å². The fraction of sp³-hybridized carbons (Fsp3) is 0.545. The quantitative estimate of drug-likeness (QED) is 0.732. The summed E-state index contributed by atoms with van der Waals surface area (Å²) in [5.74, 6) is -0.459. The Morgan fingerprint density at radius 2 is 1.94 bits per heavy atom. The van der Waals surface area contributed by atoms with Crippen molar-refractivity contribution >= 4 is 33.0 Å². The zero-order valence-corrected chi connectivity index (χ0v) is 18.7. The highest BCUT2D eigenvalue weighted by Gasteiger charge is 2.26. The molecule has 3 heterocycles. The van der Waals surface area contributed by atoms with Gasteiger partial charge < -0.3 is 5.11 Å². The molecule has 2 aromatic rings. The molecular weight excluding hydrogens is 416 g/mol. The highest BCUT2D eigenvalue weighted by Crippen LogP contribution is 2.29. The number of hydrogen-bond donors (Lipinski definition) is 1. The lowest BCUT2D eigenvalue weighted by Gasteiger charge is -2.32. The number of hydrogen-bond acceptors (Lipinski definition) is 5. The highest BCUT2D eigenvalue weighted by atomic mass is 32.2. The van der Waals surface area contributed by atoms with Crippen LogP contribution < -0.4 is 0 Å². The summed E-state index contributed by atoms with van der Waals surface area (Å²) >= 11 is 0. The van der Waals surface area contributed by atoms with Gasteiger partial charge in [-0.15, -0.1) is 0 Å². The molecule has 0 spiro atoms. The van der Waals surface area contributed by atoms with Crippen molar-refractivity contribution in [3.05, 3.63) is 36.0 Å². The molecule has 1 N–H and O–H groups in total. The van der Waals surface area contributed by atoms with Crippen LogP contribution >= 0.6 is 0 Å². The summed E-state index contributed by atoms with van der Waals surface area (Å²) in [7, 11) is -3.11. The summed E-state index contributed by atoms with van der Waals surface area (Å²) in [4.78, 5) is 13.1. The van der Waals surface area contributed by atoms with Crippen LogP contribution in [0.4, 0.5) is 0 Å². The van der Waals surface area contributed by atoms with Crippen LogP contribution in [0.25, 0.3) is 17.0 Å². The van der Waals surface area contributed by atoms with Crippen LogP contribution in [0.2, 0.25) is 0 Å². The maximum atomic E-state index is 11.7. The number of carboxylic acid groups (broad SMARTS) is 1. The summed E-state index contributed by atoms with van der Waals surface area (Å²) in [6.45, 7) is 2.68. The van der Waals surface area contributed by atoms with Crippen molar-refractivity contribution in [2.24, 2.45) is 5.92 Å². The molecule has 4 rings (SSSR count). The third kappa shape index (κ3) is 5.16. The minimum Gasteiger partial charge on any atom is -0.480 e. The lowest BCUT2D eigenvalue weighted by atomic mass is 9.97. The molecular formula is C22H30N4O4S. The number of carbonyl (C=O) groups is 1. The molecule has 0 radical (unpaired) electrons. The molecule has 2 aliphatic rings. The van der Waals surface area contributed by atoms with Crippen LogP contribution in [-0.4, -0.2) is 77.5 Å². The molecule has 0 aliphatic carbocycles. The smallest absolute Gasteiger partial charge is 0.317 e. The molecule has 1 unspecified atom stereocenters. The van der Waals surface area contributed by atoms with E-state index in [0.717, 1.165) is 48.8 Å². The van der Waals surface area contributed by atoms with E-state index in [1.807, 2.05) is 17.0 Å². The minimum atomic E-state index is -3.11. The van der Waals surface area contributed by atoms with Crippen LogP contribution in [0.5, 0.6) is 0 Å². The third-order valence-electron chi connectivity index (χ3n) is 6.32. The molecule has 2 fully saturated rings. The number of rotatable bonds is 6. The number of aliphatic carboxylic acids is 1. The lowest BCUT2D eigenvalue weighted by molar-refractivity contribution is -0.138. The standard InChI is InChI=1S/C22H30N4O4S/c1-31(29,30)25-13-10-17(11-14-25)8-9-20-19-6-2-3-7-21(19)26(23-20)18-5-4-12-24(15-18)16-22(27)28/h2-3,6-9,17-18H,4-5,10-16H2,1H3,(H,27,28)/b9-8+. The number of piperidine rings is 2. The first-order valence-corrected chi connectivity index (χ1v) is 12.7. The molecule has 0 saturated carbocycles. The zero-order chi connectivity index (χ0) is 22.0. The maximum absolute atomic E-state index is 11.7. The van der Waals surface area contributed by atoms with Gasteiger partial charge in [-0.2, -0.15) is 5.10 Å². The predicted octanol–water partition coefficient (Wildman–Crippen LogP) is 2.44. The molecule has 168 valence electrons. The molecule has 1 aromatic heterocycles. The average Bonchev–Trinajstić information content (AvgIpc) is 3.10. The van der Waals surface area contributed by atoms with Gasteiger partial charge >= 0.3 is 5.97 Å². The van der Waals surface area contributed by atoms with E-state index in [-0.39, 0.29) is 12.6 Å². The van der Waals surface area contributed by atoms with E-state index in [9.17, 15) is 13.2 Å². The summed E-state index contributed by atoms with van der Waals surface area (Å²) in [6, 6.07) is 8.31. The van der Waals surface area contributed by atoms with Gasteiger partial charge in [-0.3, -0.25) is 14.4 Å². The number of fused-ring (bicyclic) bond motifs is 1. The first kappa shape index (κ1) is 22.0. The number of benzene rings is 1. The Bertz CT molecular complexity index is 1070. The van der Waals surface area contributed by atoms with Crippen molar-refractivity contribution in [3.8, 4) is 0 Å². The van der Waals surface area contributed by atoms with Gasteiger partial charge in [0.05, 0.1) is 30.1 Å². The molecule has 1 atom stereocenters. The second-order valence-electron chi connectivity index (χ2n) is 8.63. The highest BCUT2D eigenvalue weighted by molar-refractivity contribution is 7.88. The van der Waals surface area contributed by atoms with E-state index in [1.54, 1.807) is 4.31 Å². The molecule has 9 heteroatoms. The molecule has 2 aliphatic heterocycles. The number of aromatic nitrogens is 2. The molecule has 31 heavy (non-hydrogen) atoms. The van der Waals surface area contributed by atoms with E-state index >= 15 is 0 Å². The summed E-state index contributed by atoms with van der Waals surface area (Å²) in [5, 5.41) is 15.1. The predicted molar refractivity (Wildman–Crippen MR) is 120 cm³/mol. The second kappa shape index (κ2) is 9.10. The van der Waals surface area contributed by atoms with Crippen molar-refractivity contribution in [2.45, 2.75) is 31.7 Å². The van der Waals surface area contributed by atoms with Crippen molar-refractivity contribution in [3.63, 3.8) is 0 Å². The Balaban J connectivity index is 1.52. The van der Waals surface area contributed by atoms with E-state index in [2.05, 4.69) is 29.0 Å². The van der Waals surface area contributed by atoms with Crippen molar-refractivity contribution in [1.82, 2.24) is 19.0 Å². The number of sulfonamides is 1. The van der Waals surface area contributed by atoms with E-state index in [0.29, 0.717) is 25.6 Å². The number of likely N-dealkylation sites (tertiary alicyclic amines) is 1. The fourth-order valence-electron chi connectivity index (χ4n) is 4.71. The third-order valence-corrected chi connectivity index (χ3v) is 7.62. The number of nitrogens with zero attached hydrogens (tertiary/aromatic N) is 4. The fourth-order valence-corrected chi connectivity index (χ4v) is 5.58. The van der Waals surface area contributed by atoms with Crippen LogP contribution in [0, 0.1) is 5.92 Å². The van der Waals surface area contributed by atoms with E-state index in [1.165, 1.54) is 6.26 Å². The minimum absolute atomic E-state index is 0.0641. The first-order chi connectivity index (χ1) is 14.8. The Morgan fingerprint density at radius 3 is 2.65 bits per heavy atom. The van der Waals surface area contributed by atoms with E-state index < -0.39 is 16.0 Å². The lowest BCUT2D eigenvalue weighted by Crippen LogP contribution is -2.39. The first-order valence-electron chi connectivity index (χ1n) is 10.9. The summed E-state index contributed by atoms with van der Waals surface area (Å²) in [6.07, 6.45) is 9.06. The maximum Gasteiger partial charge on any atom is 0.317 e. The van der Waals surface area contributed by atoms with Gasteiger partial charge in [-0.1, -0.05) is 24.3 Å². The molecule has 2 saturated heterocycles. The Labute approximate surface area is 183 Å². The van der Waals surface area contributed by atoms with Gasteiger partial charge in [0, 0.05) is 25.0 Å². The van der Waals surface area contributed by atoms with Gasteiger partial charge in [0.2, 0.25) is 10.0 Å². The van der Waals surface area contributed by atoms with Crippen molar-refractivity contribution in [1.29, 1.82) is 0 Å². The Hall–Kier alpha value is -2.23. The van der Waals surface area contributed by atoms with Gasteiger partial charge in [0.1, 0.15) is 0 Å². The Morgan fingerprint density at radius 1 is 1.19 bits per heavy atom. The number of carboxylic acids is 1. The number of para-hydroxylation sites is 1. The monoisotopic (exact) mass is 446 g/mol. The molecule has 1 aromatic carbocycles. The summed E-state index contributed by atoms with van der Waals surface area (Å²) < 4.78 is 27.0. The van der Waals surface area contributed by atoms with Crippen LogP contribution in [-0.2, 0) is 14.8 Å².